The Balaban J connectivity index is 1.69. The molecule has 2 aliphatic heterocycles. The van der Waals surface area contributed by atoms with Gasteiger partial charge < -0.3 is 15.0 Å². The van der Waals surface area contributed by atoms with Crippen LogP contribution in [0.2, 0.25) is 0 Å². The minimum absolute atomic E-state index is 0.0373. The van der Waals surface area contributed by atoms with Gasteiger partial charge in [-0.05, 0) is 63.4 Å². The molecular formula is C20H24F3N5O4S. The summed E-state index contributed by atoms with van der Waals surface area (Å²) in [7, 11) is 0. The fraction of sp³-hybridized carbons (Fsp3) is 0.550. The van der Waals surface area contributed by atoms with Gasteiger partial charge in [0.15, 0.2) is 5.69 Å². The summed E-state index contributed by atoms with van der Waals surface area (Å²) in [5, 5.41) is 4.17. The number of amides is 3. The zero-order valence-electron chi connectivity index (χ0n) is 18.3. The van der Waals surface area contributed by atoms with Crippen LogP contribution in [0.15, 0.2) is 11.0 Å². The SMILES string of the molecule is CC(C)(C)OC(=O)NCC1CCN(c2nc(/C=C3\SC(=O)NC3=O)cc(C(F)(F)F)n2)CC1. The van der Waals surface area contributed by atoms with Crippen molar-refractivity contribution in [3.63, 3.8) is 0 Å². The molecule has 13 heteroatoms. The lowest BCUT2D eigenvalue weighted by Gasteiger charge is -2.32. The van der Waals surface area contributed by atoms with Crippen LogP contribution in [0.5, 0.6) is 0 Å². The maximum atomic E-state index is 13.4. The first-order valence-corrected chi connectivity index (χ1v) is 11.0. The van der Waals surface area contributed by atoms with Gasteiger partial charge in [0.2, 0.25) is 5.95 Å². The highest BCUT2D eigenvalue weighted by Crippen LogP contribution is 2.32. The molecule has 1 aromatic rings. The molecule has 0 radical (unpaired) electrons. The molecule has 0 aliphatic carbocycles. The molecule has 1 aromatic heterocycles. The van der Waals surface area contributed by atoms with E-state index in [1.54, 1.807) is 25.7 Å². The lowest BCUT2D eigenvalue weighted by Crippen LogP contribution is -2.41. The Labute approximate surface area is 192 Å². The highest BCUT2D eigenvalue weighted by molar-refractivity contribution is 8.18. The van der Waals surface area contributed by atoms with E-state index in [2.05, 4.69) is 15.3 Å². The molecule has 0 bridgehead atoms. The van der Waals surface area contributed by atoms with Crippen molar-refractivity contribution in [1.82, 2.24) is 20.6 Å². The van der Waals surface area contributed by atoms with Gasteiger partial charge in [0.1, 0.15) is 5.60 Å². The lowest BCUT2D eigenvalue weighted by atomic mass is 9.97. The van der Waals surface area contributed by atoms with Crippen molar-refractivity contribution < 1.29 is 32.3 Å². The molecule has 3 amide bonds. The van der Waals surface area contributed by atoms with Crippen LogP contribution in [-0.2, 0) is 15.7 Å². The van der Waals surface area contributed by atoms with Gasteiger partial charge in [-0.1, -0.05) is 0 Å². The molecule has 33 heavy (non-hydrogen) atoms. The Morgan fingerprint density at radius 2 is 1.94 bits per heavy atom. The number of alkyl carbamates (subject to hydrolysis) is 1. The molecule has 0 unspecified atom stereocenters. The number of thioether (sulfide) groups is 1. The average molecular weight is 488 g/mol. The van der Waals surface area contributed by atoms with Crippen molar-refractivity contribution in [2.24, 2.45) is 5.92 Å². The van der Waals surface area contributed by atoms with E-state index >= 15 is 0 Å². The number of carbonyl (C=O) groups excluding carboxylic acids is 3. The number of imide groups is 1. The van der Waals surface area contributed by atoms with Gasteiger partial charge in [0.25, 0.3) is 11.1 Å². The zero-order valence-corrected chi connectivity index (χ0v) is 19.1. The molecular weight excluding hydrogens is 463 g/mol. The van der Waals surface area contributed by atoms with Crippen molar-refractivity contribution >= 4 is 41.0 Å². The number of hydrogen-bond donors (Lipinski definition) is 2. The highest BCUT2D eigenvalue weighted by Gasteiger charge is 2.35. The van der Waals surface area contributed by atoms with Gasteiger partial charge >= 0.3 is 12.3 Å². The van der Waals surface area contributed by atoms with E-state index in [0.717, 1.165) is 12.1 Å². The van der Waals surface area contributed by atoms with E-state index in [-0.39, 0.29) is 22.5 Å². The number of hydrogen-bond acceptors (Lipinski definition) is 8. The summed E-state index contributed by atoms with van der Waals surface area (Å²) in [5.74, 6) is -0.660. The van der Waals surface area contributed by atoms with Gasteiger partial charge in [0, 0.05) is 19.6 Å². The summed E-state index contributed by atoms with van der Waals surface area (Å²) in [6.45, 7) is 6.47. The molecule has 9 nitrogen and oxygen atoms in total. The van der Waals surface area contributed by atoms with Crippen LogP contribution < -0.4 is 15.5 Å². The highest BCUT2D eigenvalue weighted by atomic mass is 32.2. The summed E-state index contributed by atoms with van der Waals surface area (Å²) in [6, 6.07) is 0.741. The number of alkyl halides is 3. The number of nitrogens with zero attached hydrogens (tertiary/aromatic N) is 3. The fourth-order valence-electron chi connectivity index (χ4n) is 3.25. The molecule has 0 aromatic carbocycles. The standard InChI is InChI=1S/C20H24F3N5O4S/c1-19(2,3)32-17(30)24-10-11-4-6-28(7-5-11)16-25-12(9-14(26-16)20(21,22)23)8-13-15(29)27-18(31)33-13/h8-9,11H,4-7,10H2,1-3H3,(H,24,30)(H,27,29,31)/b13-8-. The van der Waals surface area contributed by atoms with Crippen LogP contribution in [0, 0.1) is 5.92 Å². The topological polar surface area (TPSA) is 114 Å². The summed E-state index contributed by atoms with van der Waals surface area (Å²) < 4.78 is 45.4. The minimum Gasteiger partial charge on any atom is -0.444 e. The largest absolute Gasteiger partial charge is 0.444 e. The molecule has 2 saturated heterocycles. The van der Waals surface area contributed by atoms with Gasteiger partial charge in [-0.3, -0.25) is 14.9 Å². The quantitative estimate of drug-likeness (QED) is 0.620. The van der Waals surface area contributed by atoms with Crippen LogP contribution in [0.1, 0.15) is 45.0 Å². The van der Waals surface area contributed by atoms with Crippen LogP contribution in [0.25, 0.3) is 6.08 Å². The van der Waals surface area contributed by atoms with Crippen LogP contribution in [0.4, 0.5) is 28.7 Å². The smallest absolute Gasteiger partial charge is 0.433 e. The van der Waals surface area contributed by atoms with Gasteiger partial charge in [-0.25, -0.2) is 14.8 Å². The number of carbonyl (C=O) groups is 3. The number of aromatic nitrogens is 2. The van der Waals surface area contributed by atoms with Crippen molar-refractivity contribution in [2.45, 2.75) is 45.4 Å². The lowest BCUT2D eigenvalue weighted by molar-refractivity contribution is -0.141. The van der Waals surface area contributed by atoms with E-state index in [9.17, 15) is 27.6 Å². The molecule has 0 saturated carbocycles. The second-order valence-electron chi connectivity index (χ2n) is 8.64. The molecule has 2 fully saturated rings. The second kappa shape index (κ2) is 9.57. The number of piperidine rings is 1. The first-order valence-electron chi connectivity index (χ1n) is 10.2. The maximum Gasteiger partial charge on any atom is 0.433 e. The van der Waals surface area contributed by atoms with E-state index in [4.69, 9.17) is 4.74 Å². The average Bonchev–Trinajstić information content (AvgIpc) is 3.01. The maximum absolute atomic E-state index is 13.4. The number of anilines is 1. The number of halogens is 3. The molecule has 3 heterocycles. The Morgan fingerprint density at radius 3 is 2.48 bits per heavy atom. The monoisotopic (exact) mass is 487 g/mol. The Hall–Kier alpha value is -2.83. The first kappa shape index (κ1) is 24.8. The zero-order chi connectivity index (χ0) is 24.4. The third-order valence-corrected chi connectivity index (χ3v) is 5.59. The van der Waals surface area contributed by atoms with Gasteiger partial charge in [0.05, 0.1) is 10.6 Å². The summed E-state index contributed by atoms with van der Waals surface area (Å²) >= 11 is 0.596. The predicted molar refractivity (Wildman–Crippen MR) is 115 cm³/mol. The van der Waals surface area contributed by atoms with E-state index in [1.807, 2.05) is 5.32 Å². The Morgan fingerprint density at radius 1 is 1.27 bits per heavy atom. The van der Waals surface area contributed by atoms with Crippen molar-refractivity contribution in [3.05, 3.63) is 22.4 Å². The van der Waals surface area contributed by atoms with E-state index in [1.165, 1.54) is 0 Å². The number of rotatable bonds is 4. The summed E-state index contributed by atoms with van der Waals surface area (Å²) in [4.78, 5) is 44.3. The van der Waals surface area contributed by atoms with Crippen LogP contribution >= 0.6 is 11.8 Å². The van der Waals surface area contributed by atoms with Crippen LogP contribution in [0.3, 0.4) is 0 Å². The van der Waals surface area contributed by atoms with Crippen molar-refractivity contribution in [3.8, 4) is 0 Å². The molecule has 180 valence electrons. The minimum atomic E-state index is -4.71. The van der Waals surface area contributed by atoms with E-state index < -0.39 is 34.7 Å². The molecule has 3 rings (SSSR count). The predicted octanol–water partition coefficient (Wildman–Crippen LogP) is 3.56. The second-order valence-corrected chi connectivity index (χ2v) is 9.66. The Kier molecular flexibility index (Phi) is 7.20. The third kappa shape index (κ3) is 7.07. The summed E-state index contributed by atoms with van der Waals surface area (Å²) in [5.41, 5.74) is -1.86. The normalized spacial score (nSPS) is 19.1. The fourth-order valence-corrected chi connectivity index (χ4v) is 3.91. The van der Waals surface area contributed by atoms with Crippen molar-refractivity contribution in [1.29, 1.82) is 0 Å². The Bertz CT molecular complexity index is 969. The van der Waals surface area contributed by atoms with Gasteiger partial charge in [-0.2, -0.15) is 13.2 Å². The van der Waals surface area contributed by atoms with Crippen LogP contribution in [-0.4, -0.2) is 52.4 Å². The molecule has 2 N–H and O–H groups in total. The molecule has 0 atom stereocenters. The van der Waals surface area contributed by atoms with E-state index in [0.29, 0.717) is 44.2 Å². The summed E-state index contributed by atoms with van der Waals surface area (Å²) in [6.07, 6.45) is -2.86. The number of ether oxygens (including phenoxy) is 1. The van der Waals surface area contributed by atoms with Crippen molar-refractivity contribution in [2.75, 3.05) is 24.5 Å². The van der Waals surface area contributed by atoms with Gasteiger partial charge in [-0.15, -0.1) is 0 Å². The first-order chi connectivity index (χ1) is 15.3. The number of nitrogens with one attached hydrogen (secondary N) is 2. The third-order valence-electron chi connectivity index (χ3n) is 4.78. The molecule has 0 spiro atoms. The molecule has 2 aliphatic rings.